The van der Waals surface area contributed by atoms with Crippen LogP contribution in [0.15, 0.2) is 80.8 Å². The molecule has 5 rings (SSSR count). The number of nitrogens with one attached hydrogen (secondary N) is 1. The van der Waals surface area contributed by atoms with Crippen LogP contribution in [0, 0.1) is 11.3 Å². The highest BCUT2D eigenvalue weighted by Gasteiger charge is 2.33. The van der Waals surface area contributed by atoms with Crippen LogP contribution in [0.4, 0.5) is 5.00 Å². The van der Waals surface area contributed by atoms with Gasteiger partial charge in [0.05, 0.1) is 18.4 Å². The number of benzene rings is 2. The number of carbonyl (C=O) groups excluding carboxylic acids is 1. The zero-order chi connectivity index (χ0) is 27.4. The maximum absolute atomic E-state index is 13.5. The second-order valence-corrected chi connectivity index (χ2v) is 13.0. The van der Waals surface area contributed by atoms with Crippen LogP contribution in [0.25, 0.3) is 0 Å². The van der Waals surface area contributed by atoms with Crippen molar-refractivity contribution in [3.05, 3.63) is 104 Å². The van der Waals surface area contributed by atoms with Gasteiger partial charge in [-0.05, 0) is 78.1 Å². The van der Waals surface area contributed by atoms with Gasteiger partial charge in [-0.2, -0.15) is 0 Å². The quantitative estimate of drug-likeness (QED) is 0.205. The second kappa shape index (κ2) is 11.9. The fourth-order valence-corrected chi connectivity index (χ4v) is 6.43. The van der Waals surface area contributed by atoms with Gasteiger partial charge in [-0.1, -0.05) is 61.0 Å². The maximum atomic E-state index is 13.5. The van der Waals surface area contributed by atoms with Gasteiger partial charge in [0.25, 0.3) is 5.91 Å². The van der Waals surface area contributed by atoms with Crippen LogP contribution in [-0.2, 0) is 26.0 Å². The summed E-state index contributed by atoms with van der Waals surface area (Å²) in [6.45, 7) is 7.71. The molecule has 1 aliphatic rings. The third kappa shape index (κ3) is 6.71. The van der Waals surface area contributed by atoms with Gasteiger partial charge in [0.2, 0.25) is 0 Å². The summed E-state index contributed by atoms with van der Waals surface area (Å²) in [5, 5.41) is 3.79. The molecule has 0 fully saturated rings. The Balaban J connectivity index is 1.41. The van der Waals surface area contributed by atoms with Crippen molar-refractivity contribution in [2.75, 3.05) is 0 Å². The second-order valence-electron chi connectivity index (χ2n) is 11.0. The molecule has 2 aromatic heterocycles. The van der Waals surface area contributed by atoms with Crippen LogP contribution in [0.3, 0.4) is 0 Å². The molecular weight excluding hydrogens is 572 g/mol. The Morgan fingerprint density at radius 2 is 1.95 bits per heavy atom. The van der Waals surface area contributed by atoms with Gasteiger partial charge in [-0.3, -0.25) is 4.79 Å². The molecule has 1 aliphatic carbocycles. The summed E-state index contributed by atoms with van der Waals surface area (Å²) in [6.07, 6.45) is 6.37. The van der Waals surface area contributed by atoms with Crippen LogP contribution < -0.4 is 10.1 Å². The molecule has 2 heterocycles. The Labute approximate surface area is 242 Å². The van der Waals surface area contributed by atoms with Crippen LogP contribution in [0.1, 0.15) is 64.9 Å². The first-order valence-corrected chi connectivity index (χ1v) is 14.8. The summed E-state index contributed by atoms with van der Waals surface area (Å²) in [6, 6.07) is 19.6. The SMILES string of the molecule is CC(C)(C)[C@@H]1CCc2c(sc(N=Cc3ccccc3OCc3ccc(Br)cc3)c2C(=O)NCc2ccco2)C1. The number of hydrogen-bond donors (Lipinski definition) is 1. The molecule has 5 nitrogen and oxygen atoms in total. The highest BCUT2D eigenvalue weighted by atomic mass is 79.9. The molecule has 0 radical (unpaired) electrons. The Morgan fingerprint density at radius 3 is 2.69 bits per heavy atom. The average molecular weight is 606 g/mol. The van der Waals surface area contributed by atoms with E-state index in [9.17, 15) is 4.79 Å². The maximum Gasteiger partial charge on any atom is 0.255 e. The largest absolute Gasteiger partial charge is 0.488 e. The van der Waals surface area contributed by atoms with Gasteiger partial charge < -0.3 is 14.5 Å². The molecule has 7 heteroatoms. The molecule has 1 N–H and O–H groups in total. The summed E-state index contributed by atoms with van der Waals surface area (Å²) < 4.78 is 12.6. The molecule has 0 unspecified atom stereocenters. The Hall–Kier alpha value is -3.16. The van der Waals surface area contributed by atoms with Gasteiger partial charge in [0, 0.05) is 21.1 Å². The first-order chi connectivity index (χ1) is 18.8. The summed E-state index contributed by atoms with van der Waals surface area (Å²) >= 11 is 5.12. The number of aliphatic imine (C=N–C) groups is 1. The molecular formula is C32H33BrN2O3S. The number of nitrogens with zero attached hydrogens (tertiary/aromatic N) is 1. The van der Waals surface area contributed by atoms with E-state index in [1.165, 1.54) is 4.88 Å². The molecule has 0 bridgehead atoms. The first-order valence-electron chi connectivity index (χ1n) is 13.2. The van der Waals surface area contributed by atoms with E-state index in [0.717, 1.165) is 56.9 Å². The van der Waals surface area contributed by atoms with E-state index in [0.29, 0.717) is 24.6 Å². The molecule has 0 saturated heterocycles. The zero-order valence-electron chi connectivity index (χ0n) is 22.5. The number of halogens is 1. The number of amides is 1. The van der Waals surface area contributed by atoms with E-state index in [4.69, 9.17) is 14.1 Å². The minimum absolute atomic E-state index is 0.106. The smallest absolute Gasteiger partial charge is 0.255 e. The van der Waals surface area contributed by atoms with Gasteiger partial charge in [0.1, 0.15) is 23.1 Å². The molecule has 0 aliphatic heterocycles. The molecule has 4 aromatic rings. The third-order valence-electron chi connectivity index (χ3n) is 7.25. The normalized spacial score (nSPS) is 15.3. The van der Waals surface area contributed by atoms with E-state index >= 15 is 0 Å². The van der Waals surface area contributed by atoms with Crippen molar-refractivity contribution >= 4 is 44.4 Å². The molecule has 39 heavy (non-hydrogen) atoms. The minimum Gasteiger partial charge on any atom is -0.488 e. The predicted octanol–water partition coefficient (Wildman–Crippen LogP) is 8.51. The fourth-order valence-electron chi connectivity index (χ4n) is 4.89. The zero-order valence-corrected chi connectivity index (χ0v) is 24.9. The number of ether oxygens (including phenoxy) is 1. The summed E-state index contributed by atoms with van der Waals surface area (Å²) in [5.74, 6) is 1.95. The third-order valence-corrected chi connectivity index (χ3v) is 8.94. The highest BCUT2D eigenvalue weighted by Crippen LogP contribution is 2.45. The van der Waals surface area contributed by atoms with Crippen molar-refractivity contribution in [1.82, 2.24) is 5.32 Å². The van der Waals surface area contributed by atoms with E-state index in [1.54, 1.807) is 17.6 Å². The Bertz CT molecular complexity index is 1450. The fraction of sp³-hybridized carbons (Fsp3) is 0.312. The number of furan rings is 1. The summed E-state index contributed by atoms with van der Waals surface area (Å²) in [7, 11) is 0. The number of carbonyl (C=O) groups is 1. The van der Waals surface area contributed by atoms with Gasteiger partial charge >= 0.3 is 0 Å². The number of para-hydroxylation sites is 1. The van der Waals surface area contributed by atoms with Crippen LogP contribution >= 0.6 is 27.3 Å². The lowest BCUT2D eigenvalue weighted by molar-refractivity contribution is 0.0947. The van der Waals surface area contributed by atoms with Gasteiger partial charge in [0.15, 0.2) is 0 Å². The lowest BCUT2D eigenvalue weighted by Gasteiger charge is -2.33. The van der Waals surface area contributed by atoms with Crippen molar-refractivity contribution < 1.29 is 13.9 Å². The van der Waals surface area contributed by atoms with E-state index in [2.05, 4.69) is 42.0 Å². The van der Waals surface area contributed by atoms with Crippen molar-refractivity contribution in [3.8, 4) is 5.75 Å². The average Bonchev–Trinajstić information content (AvgIpc) is 3.57. The van der Waals surface area contributed by atoms with Crippen molar-refractivity contribution in [2.24, 2.45) is 16.3 Å². The van der Waals surface area contributed by atoms with Gasteiger partial charge in [-0.25, -0.2) is 4.99 Å². The monoisotopic (exact) mass is 604 g/mol. The molecule has 1 amide bonds. The van der Waals surface area contributed by atoms with E-state index in [1.807, 2.05) is 66.9 Å². The number of hydrogen-bond acceptors (Lipinski definition) is 5. The molecule has 0 spiro atoms. The van der Waals surface area contributed by atoms with Crippen molar-refractivity contribution in [3.63, 3.8) is 0 Å². The highest BCUT2D eigenvalue weighted by molar-refractivity contribution is 9.10. The lowest BCUT2D eigenvalue weighted by atomic mass is 9.72. The molecule has 1 atom stereocenters. The number of rotatable bonds is 8. The topological polar surface area (TPSA) is 63.8 Å². The van der Waals surface area contributed by atoms with Crippen LogP contribution in [-0.4, -0.2) is 12.1 Å². The Morgan fingerprint density at radius 1 is 1.15 bits per heavy atom. The van der Waals surface area contributed by atoms with Crippen molar-refractivity contribution in [2.45, 2.75) is 53.2 Å². The van der Waals surface area contributed by atoms with Crippen molar-refractivity contribution in [1.29, 1.82) is 0 Å². The van der Waals surface area contributed by atoms with E-state index < -0.39 is 0 Å². The predicted molar refractivity (Wildman–Crippen MR) is 161 cm³/mol. The Kier molecular flexibility index (Phi) is 8.38. The first kappa shape index (κ1) is 27.4. The summed E-state index contributed by atoms with van der Waals surface area (Å²) in [4.78, 5) is 19.6. The standard InChI is InChI=1S/C32H33BrN2O3S/c1-32(2,3)23-12-15-26-28(17-23)39-31(29(26)30(36)34-19-25-8-6-16-37-25)35-18-22-7-4-5-9-27(22)38-20-21-10-13-24(33)14-11-21/h4-11,13-14,16,18,23H,12,15,17,19-20H2,1-3H3,(H,34,36)/t23-/m1/s1. The molecule has 0 saturated carbocycles. The van der Waals surface area contributed by atoms with Gasteiger partial charge in [-0.15, -0.1) is 11.3 Å². The molecule has 202 valence electrons. The minimum atomic E-state index is -0.106. The lowest BCUT2D eigenvalue weighted by Crippen LogP contribution is -2.28. The number of fused-ring (bicyclic) bond motifs is 1. The summed E-state index contributed by atoms with van der Waals surface area (Å²) in [5.41, 5.74) is 4.01. The molecule has 2 aromatic carbocycles. The van der Waals surface area contributed by atoms with Crippen LogP contribution in [0.5, 0.6) is 5.75 Å². The number of thiophene rings is 1. The van der Waals surface area contributed by atoms with Crippen LogP contribution in [0.2, 0.25) is 0 Å². The van der Waals surface area contributed by atoms with E-state index in [-0.39, 0.29) is 11.3 Å².